The van der Waals surface area contributed by atoms with Crippen LogP contribution in [0, 0.1) is 5.92 Å². The standard InChI is InChI=1S/C15H17NO2/c1-10(2)15(18)14(17)9-12-8-7-11-5-3-4-6-13(11)16-12/h3-8,10,15,18H,9H2,1-2H3. The Labute approximate surface area is 106 Å². The summed E-state index contributed by atoms with van der Waals surface area (Å²) in [5, 5.41) is 10.7. The molecule has 1 aromatic carbocycles. The number of benzene rings is 1. The van der Waals surface area contributed by atoms with Crippen molar-refractivity contribution < 1.29 is 9.90 Å². The molecule has 0 aliphatic heterocycles. The van der Waals surface area contributed by atoms with E-state index in [1.54, 1.807) is 0 Å². The van der Waals surface area contributed by atoms with Gasteiger partial charge in [0.15, 0.2) is 5.78 Å². The average molecular weight is 243 g/mol. The van der Waals surface area contributed by atoms with Crippen LogP contribution in [0.2, 0.25) is 0 Å². The second kappa shape index (κ2) is 5.27. The Morgan fingerprint density at radius 2 is 1.94 bits per heavy atom. The van der Waals surface area contributed by atoms with Crippen molar-refractivity contribution in [3.63, 3.8) is 0 Å². The van der Waals surface area contributed by atoms with Crippen LogP contribution in [-0.4, -0.2) is 22.0 Å². The van der Waals surface area contributed by atoms with Gasteiger partial charge in [0.25, 0.3) is 0 Å². The number of aromatic nitrogens is 1. The maximum absolute atomic E-state index is 11.8. The number of carbonyl (C=O) groups is 1. The van der Waals surface area contributed by atoms with Gasteiger partial charge in [0.1, 0.15) is 6.10 Å². The van der Waals surface area contributed by atoms with E-state index in [-0.39, 0.29) is 18.1 Å². The van der Waals surface area contributed by atoms with Crippen molar-refractivity contribution in [1.82, 2.24) is 4.98 Å². The minimum atomic E-state index is -0.904. The van der Waals surface area contributed by atoms with Crippen molar-refractivity contribution in [3.8, 4) is 0 Å². The second-order valence-electron chi connectivity index (χ2n) is 4.83. The largest absolute Gasteiger partial charge is 0.385 e. The summed E-state index contributed by atoms with van der Waals surface area (Å²) in [5.41, 5.74) is 1.58. The van der Waals surface area contributed by atoms with Crippen LogP contribution in [0.1, 0.15) is 19.5 Å². The molecule has 0 spiro atoms. The summed E-state index contributed by atoms with van der Waals surface area (Å²) >= 11 is 0. The van der Waals surface area contributed by atoms with Gasteiger partial charge in [-0.3, -0.25) is 9.78 Å². The molecule has 0 amide bonds. The number of pyridine rings is 1. The van der Waals surface area contributed by atoms with E-state index in [0.717, 1.165) is 10.9 Å². The van der Waals surface area contributed by atoms with Crippen LogP contribution < -0.4 is 0 Å². The van der Waals surface area contributed by atoms with Gasteiger partial charge in [0.05, 0.1) is 11.9 Å². The molecule has 94 valence electrons. The van der Waals surface area contributed by atoms with Crippen LogP contribution in [-0.2, 0) is 11.2 Å². The van der Waals surface area contributed by atoms with Crippen molar-refractivity contribution in [1.29, 1.82) is 0 Å². The molecule has 3 heteroatoms. The fourth-order valence-electron chi connectivity index (χ4n) is 1.86. The topological polar surface area (TPSA) is 50.2 Å². The quantitative estimate of drug-likeness (QED) is 0.896. The number of Topliss-reactive ketones (excluding diaryl/α,β-unsaturated/α-hetero) is 1. The average Bonchev–Trinajstić information content (AvgIpc) is 2.37. The predicted molar refractivity (Wildman–Crippen MR) is 71.3 cm³/mol. The molecule has 0 radical (unpaired) electrons. The Bertz CT molecular complexity index is 563. The van der Waals surface area contributed by atoms with Crippen LogP contribution in [0.25, 0.3) is 10.9 Å². The zero-order valence-electron chi connectivity index (χ0n) is 10.6. The number of para-hydroxylation sites is 1. The fourth-order valence-corrected chi connectivity index (χ4v) is 1.86. The number of hydrogen-bond donors (Lipinski definition) is 1. The summed E-state index contributed by atoms with van der Waals surface area (Å²) in [4.78, 5) is 16.2. The van der Waals surface area contributed by atoms with Crippen LogP contribution in [0.4, 0.5) is 0 Å². The smallest absolute Gasteiger partial charge is 0.167 e. The minimum Gasteiger partial charge on any atom is -0.385 e. The van der Waals surface area contributed by atoms with Crippen molar-refractivity contribution in [2.24, 2.45) is 5.92 Å². The van der Waals surface area contributed by atoms with E-state index in [2.05, 4.69) is 4.98 Å². The molecule has 2 aromatic rings. The highest BCUT2D eigenvalue weighted by Gasteiger charge is 2.19. The molecule has 1 N–H and O–H groups in total. The zero-order chi connectivity index (χ0) is 13.1. The fraction of sp³-hybridized carbons (Fsp3) is 0.333. The van der Waals surface area contributed by atoms with Gasteiger partial charge in [0.2, 0.25) is 0 Å². The molecule has 3 nitrogen and oxygen atoms in total. The zero-order valence-corrected chi connectivity index (χ0v) is 10.6. The molecule has 1 aromatic heterocycles. The molecule has 1 atom stereocenters. The molecular weight excluding hydrogens is 226 g/mol. The lowest BCUT2D eigenvalue weighted by molar-refractivity contribution is -0.128. The molecule has 0 saturated heterocycles. The third kappa shape index (κ3) is 2.74. The van der Waals surface area contributed by atoms with Gasteiger partial charge in [0, 0.05) is 11.1 Å². The van der Waals surface area contributed by atoms with E-state index >= 15 is 0 Å². The molecule has 0 aliphatic rings. The normalized spacial score (nSPS) is 12.9. The Morgan fingerprint density at radius 3 is 2.67 bits per heavy atom. The number of hydrogen-bond acceptors (Lipinski definition) is 3. The molecule has 1 unspecified atom stereocenters. The van der Waals surface area contributed by atoms with Gasteiger partial charge in [-0.1, -0.05) is 38.1 Å². The first kappa shape index (κ1) is 12.7. The van der Waals surface area contributed by atoms with Gasteiger partial charge < -0.3 is 5.11 Å². The lowest BCUT2D eigenvalue weighted by Crippen LogP contribution is -2.27. The van der Waals surface area contributed by atoms with Crippen LogP contribution in [0.3, 0.4) is 0 Å². The van der Waals surface area contributed by atoms with Crippen LogP contribution in [0.5, 0.6) is 0 Å². The van der Waals surface area contributed by atoms with E-state index in [1.165, 1.54) is 0 Å². The Morgan fingerprint density at radius 1 is 1.22 bits per heavy atom. The van der Waals surface area contributed by atoms with E-state index < -0.39 is 6.10 Å². The van der Waals surface area contributed by atoms with Crippen LogP contribution in [0.15, 0.2) is 36.4 Å². The van der Waals surface area contributed by atoms with Crippen molar-refractivity contribution in [2.45, 2.75) is 26.4 Å². The number of rotatable bonds is 4. The van der Waals surface area contributed by atoms with Crippen molar-refractivity contribution in [3.05, 3.63) is 42.1 Å². The molecule has 0 bridgehead atoms. The Hall–Kier alpha value is -1.74. The number of aliphatic hydroxyl groups excluding tert-OH is 1. The number of nitrogens with zero attached hydrogens (tertiary/aromatic N) is 1. The van der Waals surface area contributed by atoms with Gasteiger partial charge in [-0.05, 0) is 18.1 Å². The highest BCUT2D eigenvalue weighted by Crippen LogP contribution is 2.13. The SMILES string of the molecule is CC(C)C(O)C(=O)Cc1ccc2ccccc2n1. The first-order valence-corrected chi connectivity index (χ1v) is 6.13. The van der Waals surface area contributed by atoms with Gasteiger partial charge in [-0.25, -0.2) is 0 Å². The van der Waals surface area contributed by atoms with Gasteiger partial charge in [-0.2, -0.15) is 0 Å². The van der Waals surface area contributed by atoms with Crippen molar-refractivity contribution in [2.75, 3.05) is 0 Å². The minimum absolute atomic E-state index is 0.0574. The Kier molecular flexibility index (Phi) is 3.72. The summed E-state index contributed by atoms with van der Waals surface area (Å²) in [6, 6.07) is 11.6. The third-order valence-electron chi connectivity index (χ3n) is 2.97. The molecule has 0 saturated carbocycles. The molecule has 1 heterocycles. The summed E-state index contributed by atoms with van der Waals surface area (Å²) in [6.07, 6.45) is -0.720. The summed E-state index contributed by atoms with van der Waals surface area (Å²) in [6.45, 7) is 3.66. The van der Waals surface area contributed by atoms with Crippen molar-refractivity contribution >= 4 is 16.7 Å². The second-order valence-corrected chi connectivity index (χ2v) is 4.83. The van der Waals surface area contributed by atoms with Gasteiger partial charge >= 0.3 is 0 Å². The summed E-state index contributed by atoms with van der Waals surface area (Å²) in [7, 11) is 0. The lowest BCUT2D eigenvalue weighted by Gasteiger charge is -2.12. The maximum Gasteiger partial charge on any atom is 0.167 e. The monoisotopic (exact) mass is 243 g/mol. The third-order valence-corrected chi connectivity index (χ3v) is 2.97. The predicted octanol–water partition coefficient (Wildman–Crippen LogP) is 2.36. The summed E-state index contributed by atoms with van der Waals surface area (Å²) in [5.74, 6) is -0.231. The number of fused-ring (bicyclic) bond motifs is 1. The molecule has 2 rings (SSSR count). The molecule has 0 aliphatic carbocycles. The maximum atomic E-state index is 11.8. The van der Waals surface area contributed by atoms with Gasteiger partial charge in [-0.15, -0.1) is 0 Å². The molecular formula is C15H17NO2. The highest BCUT2D eigenvalue weighted by molar-refractivity contribution is 5.86. The number of carbonyl (C=O) groups excluding carboxylic acids is 1. The van der Waals surface area contributed by atoms with Crippen LogP contribution >= 0.6 is 0 Å². The number of aliphatic hydroxyl groups is 1. The van der Waals surface area contributed by atoms with E-state index in [1.807, 2.05) is 50.2 Å². The Balaban J connectivity index is 2.19. The highest BCUT2D eigenvalue weighted by atomic mass is 16.3. The first-order valence-electron chi connectivity index (χ1n) is 6.13. The van der Waals surface area contributed by atoms with E-state index in [0.29, 0.717) is 5.69 Å². The molecule has 0 fully saturated rings. The molecule has 18 heavy (non-hydrogen) atoms. The number of ketones is 1. The first-order chi connectivity index (χ1) is 8.58. The van der Waals surface area contributed by atoms with E-state index in [9.17, 15) is 9.90 Å². The lowest BCUT2D eigenvalue weighted by atomic mass is 10.00. The van der Waals surface area contributed by atoms with E-state index in [4.69, 9.17) is 0 Å². The summed E-state index contributed by atoms with van der Waals surface area (Å²) < 4.78 is 0.